The Morgan fingerprint density at radius 3 is 2.93 bits per heavy atom. The first kappa shape index (κ1) is 11.9. The van der Waals surface area contributed by atoms with Gasteiger partial charge in [-0.05, 0) is 32.4 Å². The van der Waals surface area contributed by atoms with Crippen LogP contribution in [-0.4, -0.2) is 49.0 Å². The summed E-state index contributed by atoms with van der Waals surface area (Å²) in [5.74, 6) is 0.117. The molecule has 1 fully saturated rings. The molecule has 0 saturated carbocycles. The number of nitrogens with zero attached hydrogens (tertiary/aromatic N) is 1. The fourth-order valence-electron chi connectivity index (χ4n) is 2.04. The summed E-state index contributed by atoms with van der Waals surface area (Å²) < 4.78 is 12.2. The molecule has 3 nitrogen and oxygen atoms in total. The molecule has 84 valence electrons. The third kappa shape index (κ3) is 3.52. The molecule has 0 aromatic heterocycles. The number of likely N-dealkylation sites (tertiary alicyclic amines) is 1. The van der Waals surface area contributed by atoms with Gasteiger partial charge in [0.25, 0.3) is 0 Å². The van der Waals surface area contributed by atoms with Crippen molar-refractivity contribution in [3.8, 4) is 0 Å². The normalized spacial score (nSPS) is 29.4. The summed E-state index contributed by atoms with van der Waals surface area (Å²) >= 11 is 0. The predicted octanol–water partition coefficient (Wildman–Crippen LogP) is 0.378. The van der Waals surface area contributed by atoms with E-state index in [2.05, 4.69) is 4.90 Å². The van der Waals surface area contributed by atoms with Crippen LogP contribution in [0, 0.1) is 5.92 Å². The smallest absolute Gasteiger partial charge is 0.0898 e. The van der Waals surface area contributed by atoms with Gasteiger partial charge in [-0.1, -0.05) is 0 Å². The van der Waals surface area contributed by atoms with Crippen LogP contribution in [0.5, 0.6) is 0 Å². The van der Waals surface area contributed by atoms with Crippen molar-refractivity contribution in [1.82, 2.24) is 4.90 Å². The lowest BCUT2D eigenvalue weighted by Crippen LogP contribution is -2.43. The number of alkyl halides is 1. The average Bonchev–Trinajstić information content (AvgIpc) is 2.19. The van der Waals surface area contributed by atoms with Crippen LogP contribution < -0.4 is 5.73 Å². The minimum atomic E-state index is -0.327. The van der Waals surface area contributed by atoms with Gasteiger partial charge < -0.3 is 15.7 Å². The molecule has 1 aliphatic heterocycles. The molecule has 0 spiro atoms. The molecule has 0 aliphatic carbocycles. The van der Waals surface area contributed by atoms with Crippen LogP contribution in [0.15, 0.2) is 0 Å². The largest absolute Gasteiger partial charge is 0.393 e. The Hall–Kier alpha value is -0.190. The highest BCUT2D eigenvalue weighted by molar-refractivity contribution is 4.79. The minimum absolute atomic E-state index is 0.117. The van der Waals surface area contributed by atoms with Gasteiger partial charge in [-0.3, -0.25) is 4.39 Å². The van der Waals surface area contributed by atoms with Crippen molar-refractivity contribution in [1.29, 1.82) is 0 Å². The fraction of sp³-hybridized carbons (Fsp3) is 1.00. The molecule has 0 aromatic carbocycles. The number of halogens is 1. The highest BCUT2D eigenvalue weighted by Gasteiger charge is 2.26. The summed E-state index contributed by atoms with van der Waals surface area (Å²) in [6, 6.07) is 0. The molecule has 0 aromatic rings. The number of nitrogens with two attached hydrogens (primary N) is 1. The molecule has 1 rings (SSSR count). The number of rotatable bonds is 5. The van der Waals surface area contributed by atoms with E-state index < -0.39 is 0 Å². The fourth-order valence-corrected chi connectivity index (χ4v) is 2.04. The van der Waals surface area contributed by atoms with Crippen LogP contribution in [0.4, 0.5) is 4.39 Å². The average molecular weight is 204 g/mol. The third-order valence-electron chi connectivity index (χ3n) is 2.94. The second-order valence-electron chi connectivity index (χ2n) is 4.04. The van der Waals surface area contributed by atoms with Crippen molar-refractivity contribution in [3.63, 3.8) is 0 Å². The zero-order valence-corrected chi connectivity index (χ0v) is 8.66. The van der Waals surface area contributed by atoms with Crippen LogP contribution in [0.25, 0.3) is 0 Å². The van der Waals surface area contributed by atoms with E-state index in [9.17, 15) is 9.50 Å². The lowest BCUT2D eigenvalue weighted by atomic mass is 9.92. The van der Waals surface area contributed by atoms with E-state index in [0.717, 1.165) is 32.5 Å². The molecule has 14 heavy (non-hydrogen) atoms. The highest BCUT2D eigenvalue weighted by atomic mass is 19.1. The highest BCUT2D eigenvalue weighted by Crippen LogP contribution is 2.20. The Morgan fingerprint density at radius 1 is 1.50 bits per heavy atom. The molecular weight excluding hydrogens is 183 g/mol. The molecule has 1 aliphatic rings. The summed E-state index contributed by atoms with van der Waals surface area (Å²) in [4.78, 5) is 2.28. The number of piperidine rings is 1. The van der Waals surface area contributed by atoms with Crippen molar-refractivity contribution in [2.24, 2.45) is 11.7 Å². The molecule has 0 amide bonds. The first-order chi connectivity index (χ1) is 6.77. The number of aliphatic hydroxyl groups is 1. The summed E-state index contributed by atoms with van der Waals surface area (Å²) in [6.07, 6.45) is 1.94. The predicted molar refractivity (Wildman–Crippen MR) is 54.8 cm³/mol. The molecule has 2 atom stereocenters. The zero-order valence-electron chi connectivity index (χ0n) is 8.66. The summed E-state index contributed by atoms with van der Waals surface area (Å²) in [5, 5.41) is 9.63. The summed E-state index contributed by atoms with van der Waals surface area (Å²) in [5.41, 5.74) is 5.43. The van der Waals surface area contributed by atoms with Gasteiger partial charge in [0.1, 0.15) is 0 Å². The maximum absolute atomic E-state index is 12.2. The first-order valence-electron chi connectivity index (χ1n) is 5.44. The van der Waals surface area contributed by atoms with Gasteiger partial charge >= 0.3 is 0 Å². The maximum atomic E-state index is 12.2. The Balaban J connectivity index is 2.29. The standard InChI is InChI=1S/C10H21FN2O/c11-4-2-9-8-13(6-1-5-12)7-3-10(9)14/h9-10,14H,1-8,12H2/t9-,10+/m0/s1. The quantitative estimate of drug-likeness (QED) is 0.680. The van der Waals surface area contributed by atoms with Gasteiger partial charge in [0.05, 0.1) is 12.8 Å². The van der Waals surface area contributed by atoms with Crippen molar-refractivity contribution >= 4 is 0 Å². The van der Waals surface area contributed by atoms with E-state index in [1.165, 1.54) is 0 Å². The Bertz CT molecular complexity index is 155. The maximum Gasteiger partial charge on any atom is 0.0898 e. The lowest BCUT2D eigenvalue weighted by molar-refractivity contribution is 0.0201. The van der Waals surface area contributed by atoms with Crippen LogP contribution in [0.3, 0.4) is 0 Å². The van der Waals surface area contributed by atoms with Gasteiger partial charge in [-0.25, -0.2) is 0 Å². The second-order valence-corrected chi connectivity index (χ2v) is 4.04. The molecule has 1 saturated heterocycles. The molecule has 0 unspecified atom stereocenters. The molecule has 0 bridgehead atoms. The van der Waals surface area contributed by atoms with Crippen LogP contribution in [0.2, 0.25) is 0 Å². The van der Waals surface area contributed by atoms with Gasteiger partial charge in [-0.15, -0.1) is 0 Å². The van der Waals surface area contributed by atoms with Crippen molar-refractivity contribution in [2.75, 3.05) is 32.9 Å². The minimum Gasteiger partial charge on any atom is -0.393 e. The Kier molecular flexibility index (Phi) is 5.37. The van der Waals surface area contributed by atoms with Crippen molar-refractivity contribution in [2.45, 2.75) is 25.4 Å². The van der Waals surface area contributed by atoms with Crippen LogP contribution in [0.1, 0.15) is 19.3 Å². The molecule has 4 heteroatoms. The molecule has 3 N–H and O–H groups in total. The van der Waals surface area contributed by atoms with E-state index in [1.807, 2.05) is 0 Å². The topological polar surface area (TPSA) is 49.5 Å². The van der Waals surface area contributed by atoms with E-state index in [-0.39, 0.29) is 18.7 Å². The summed E-state index contributed by atoms with van der Waals surface area (Å²) in [7, 11) is 0. The van der Waals surface area contributed by atoms with Crippen molar-refractivity contribution < 1.29 is 9.50 Å². The lowest BCUT2D eigenvalue weighted by Gasteiger charge is -2.35. The van der Waals surface area contributed by atoms with Gasteiger partial charge in [0.15, 0.2) is 0 Å². The Labute approximate surface area is 85.1 Å². The monoisotopic (exact) mass is 204 g/mol. The number of hydrogen-bond acceptors (Lipinski definition) is 3. The van der Waals surface area contributed by atoms with E-state index in [0.29, 0.717) is 13.0 Å². The summed E-state index contributed by atoms with van der Waals surface area (Å²) in [6.45, 7) is 3.10. The Morgan fingerprint density at radius 2 is 2.29 bits per heavy atom. The zero-order chi connectivity index (χ0) is 10.4. The van der Waals surface area contributed by atoms with Gasteiger partial charge in [0, 0.05) is 19.0 Å². The first-order valence-corrected chi connectivity index (χ1v) is 5.44. The van der Waals surface area contributed by atoms with Gasteiger partial charge in [0.2, 0.25) is 0 Å². The van der Waals surface area contributed by atoms with Gasteiger partial charge in [-0.2, -0.15) is 0 Å². The second kappa shape index (κ2) is 6.32. The van der Waals surface area contributed by atoms with Crippen molar-refractivity contribution in [3.05, 3.63) is 0 Å². The van der Waals surface area contributed by atoms with E-state index in [1.54, 1.807) is 0 Å². The van der Waals surface area contributed by atoms with Crippen LogP contribution >= 0.6 is 0 Å². The SMILES string of the molecule is NCCCN1CC[C@@H](O)[C@@H](CCF)C1. The third-order valence-corrected chi connectivity index (χ3v) is 2.94. The molecule has 0 radical (unpaired) electrons. The number of aliphatic hydroxyl groups excluding tert-OH is 1. The van der Waals surface area contributed by atoms with Crippen LogP contribution in [-0.2, 0) is 0 Å². The molecular formula is C10H21FN2O. The number of hydrogen-bond donors (Lipinski definition) is 2. The van der Waals surface area contributed by atoms with E-state index >= 15 is 0 Å². The molecule has 1 heterocycles. The van der Waals surface area contributed by atoms with E-state index in [4.69, 9.17) is 5.73 Å².